The number of hydrogen-bond donors (Lipinski definition) is 1. The van der Waals surface area contributed by atoms with E-state index in [1.165, 1.54) is 0 Å². The van der Waals surface area contributed by atoms with Crippen molar-refractivity contribution in [3.8, 4) is 0 Å². The summed E-state index contributed by atoms with van der Waals surface area (Å²) >= 11 is 0. The summed E-state index contributed by atoms with van der Waals surface area (Å²) in [5.41, 5.74) is 0.417. The maximum atomic E-state index is 11.6. The van der Waals surface area contributed by atoms with Crippen molar-refractivity contribution in [3.63, 3.8) is 0 Å². The number of rotatable bonds is 3. The van der Waals surface area contributed by atoms with Crippen LogP contribution in [-0.4, -0.2) is 5.11 Å². The van der Waals surface area contributed by atoms with Gasteiger partial charge in [-0.3, -0.25) is 0 Å². The van der Waals surface area contributed by atoms with Crippen molar-refractivity contribution < 1.29 is 9.52 Å². The van der Waals surface area contributed by atoms with Crippen LogP contribution in [0, 0.1) is 0 Å². The predicted molar refractivity (Wildman–Crippen MR) is 62.3 cm³/mol. The fraction of sp³-hybridized carbons (Fsp3) is 0.154. The Bertz CT molecular complexity index is 581. The fourth-order valence-electron chi connectivity index (χ4n) is 1.80. The number of aliphatic hydroxyl groups is 1. The van der Waals surface area contributed by atoms with Crippen LogP contribution < -0.4 is 5.63 Å². The van der Waals surface area contributed by atoms with Crippen LogP contribution in [0.5, 0.6) is 0 Å². The van der Waals surface area contributed by atoms with Gasteiger partial charge in [0.15, 0.2) is 0 Å². The lowest BCUT2D eigenvalue weighted by Crippen LogP contribution is -2.06. The second-order valence-electron chi connectivity index (χ2n) is 3.49. The van der Waals surface area contributed by atoms with Crippen LogP contribution in [0.15, 0.2) is 46.1 Å². The molecule has 16 heavy (non-hydrogen) atoms. The van der Waals surface area contributed by atoms with Gasteiger partial charge >= 0.3 is 5.63 Å². The molecule has 2 aromatic rings. The van der Waals surface area contributed by atoms with Gasteiger partial charge in [0.2, 0.25) is 0 Å². The first kappa shape index (κ1) is 10.6. The molecule has 0 aliphatic carbocycles. The fourth-order valence-corrected chi connectivity index (χ4v) is 1.80. The van der Waals surface area contributed by atoms with E-state index in [0.29, 0.717) is 17.6 Å². The molecule has 3 nitrogen and oxygen atoms in total. The third-order valence-corrected chi connectivity index (χ3v) is 2.52. The second kappa shape index (κ2) is 4.33. The van der Waals surface area contributed by atoms with E-state index in [9.17, 15) is 4.79 Å². The van der Waals surface area contributed by atoms with Crippen molar-refractivity contribution in [2.45, 2.75) is 13.0 Å². The highest BCUT2D eigenvalue weighted by atomic mass is 16.4. The van der Waals surface area contributed by atoms with Gasteiger partial charge < -0.3 is 9.52 Å². The first-order valence-corrected chi connectivity index (χ1v) is 5.03. The zero-order valence-electron chi connectivity index (χ0n) is 8.77. The van der Waals surface area contributed by atoms with Crippen molar-refractivity contribution in [2.24, 2.45) is 0 Å². The van der Waals surface area contributed by atoms with Crippen LogP contribution in [-0.2, 0) is 13.0 Å². The largest absolute Gasteiger partial charge is 0.425 e. The van der Waals surface area contributed by atoms with E-state index >= 15 is 0 Å². The summed E-state index contributed by atoms with van der Waals surface area (Å²) < 4.78 is 5.07. The Morgan fingerprint density at radius 1 is 1.31 bits per heavy atom. The van der Waals surface area contributed by atoms with Crippen LogP contribution in [0.25, 0.3) is 10.8 Å². The van der Waals surface area contributed by atoms with Gasteiger partial charge in [-0.05, 0) is 17.9 Å². The molecule has 0 bridgehead atoms. The first-order valence-electron chi connectivity index (χ1n) is 5.03. The summed E-state index contributed by atoms with van der Waals surface area (Å²) in [6, 6.07) is 7.21. The molecule has 0 saturated heterocycles. The molecule has 0 amide bonds. The van der Waals surface area contributed by atoms with Crippen LogP contribution in [0.2, 0.25) is 0 Å². The third kappa shape index (κ3) is 1.66. The number of fused-ring (bicyclic) bond motifs is 1. The molecule has 82 valence electrons. The van der Waals surface area contributed by atoms with E-state index in [-0.39, 0.29) is 6.61 Å². The molecule has 0 radical (unpaired) electrons. The number of hydrogen-bond acceptors (Lipinski definition) is 3. The van der Waals surface area contributed by atoms with E-state index in [4.69, 9.17) is 9.52 Å². The summed E-state index contributed by atoms with van der Waals surface area (Å²) in [5, 5.41) is 10.5. The molecule has 0 fully saturated rings. The molecule has 2 rings (SSSR count). The van der Waals surface area contributed by atoms with Crippen molar-refractivity contribution >= 4 is 10.8 Å². The van der Waals surface area contributed by atoms with Gasteiger partial charge in [0.25, 0.3) is 0 Å². The monoisotopic (exact) mass is 216 g/mol. The van der Waals surface area contributed by atoms with E-state index < -0.39 is 5.63 Å². The zero-order chi connectivity index (χ0) is 11.5. The Morgan fingerprint density at radius 3 is 2.62 bits per heavy atom. The first-order chi connectivity index (χ1) is 7.77. The van der Waals surface area contributed by atoms with Crippen molar-refractivity contribution in [3.05, 3.63) is 58.7 Å². The minimum Gasteiger partial charge on any atom is -0.425 e. The summed E-state index contributed by atoms with van der Waals surface area (Å²) in [6.07, 6.45) is 2.29. The third-order valence-electron chi connectivity index (χ3n) is 2.52. The summed E-state index contributed by atoms with van der Waals surface area (Å²) in [5.74, 6) is 0.323. The lowest BCUT2D eigenvalue weighted by molar-refractivity contribution is 0.239. The normalized spacial score (nSPS) is 10.6. The van der Waals surface area contributed by atoms with Gasteiger partial charge in [0.1, 0.15) is 12.4 Å². The summed E-state index contributed by atoms with van der Waals surface area (Å²) in [6.45, 7) is 3.38. The average Bonchev–Trinajstić information content (AvgIpc) is 2.33. The Hall–Kier alpha value is -1.87. The molecule has 1 heterocycles. The van der Waals surface area contributed by atoms with Gasteiger partial charge in [0, 0.05) is 5.56 Å². The second-order valence-corrected chi connectivity index (χ2v) is 3.49. The van der Waals surface area contributed by atoms with Crippen molar-refractivity contribution in [1.29, 1.82) is 0 Å². The Morgan fingerprint density at radius 2 is 2.00 bits per heavy atom. The summed E-state index contributed by atoms with van der Waals surface area (Å²) in [7, 11) is 0. The molecular weight excluding hydrogens is 204 g/mol. The summed E-state index contributed by atoms with van der Waals surface area (Å²) in [4.78, 5) is 11.6. The van der Waals surface area contributed by atoms with Gasteiger partial charge in [-0.15, -0.1) is 6.58 Å². The van der Waals surface area contributed by atoms with Crippen LogP contribution in [0.1, 0.15) is 11.3 Å². The minimum absolute atomic E-state index is 0.275. The molecule has 3 heteroatoms. The Labute approximate surface area is 92.6 Å². The zero-order valence-corrected chi connectivity index (χ0v) is 8.77. The van der Waals surface area contributed by atoms with E-state index in [2.05, 4.69) is 6.58 Å². The molecular formula is C13H12O3. The van der Waals surface area contributed by atoms with Crippen LogP contribution >= 0.6 is 0 Å². The molecule has 0 spiro atoms. The average molecular weight is 216 g/mol. The molecule has 1 aromatic carbocycles. The standard InChI is InChI=1S/C13H12O3/c1-2-5-10-9-6-3-4-7-11(9)13(15)16-12(10)8-14/h2-4,6-7,14H,1,5,8H2. The number of allylic oxidation sites excluding steroid dienone is 1. The lowest BCUT2D eigenvalue weighted by atomic mass is 10.0. The number of aliphatic hydroxyl groups excluding tert-OH is 1. The molecule has 1 aromatic heterocycles. The lowest BCUT2D eigenvalue weighted by Gasteiger charge is -2.07. The van der Waals surface area contributed by atoms with Crippen LogP contribution in [0.4, 0.5) is 0 Å². The van der Waals surface area contributed by atoms with E-state index in [1.54, 1.807) is 18.2 Å². The Balaban J connectivity index is 2.86. The van der Waals surface area contributed by atoms with Gasteiger partial charge in [0.05, 0.1) is 5.39 Å². The topological polar surface area (TPSA) is 50.4 Å². The SMILES string of the molecule is C=CCc1c(CO)oc(=O)c2ccccc12. The molecule has 0 unspecified atom stereocenters. The Kier molecular flexibility index (Phi) is 2.88. The number of benzene rings is 1. The highest BCUT2D eigenvalue weighted by Gasteiger charge is 2.11. The molecule has 0 aliphatic heterocycles. The maximum Gasteiger partial charge on any atom is 0.343 e. The molecule has 0 saturated carbocycles. The van der Waals surface area contributed by atoms with Gasteiger partial charge in [-0.1, -0.05) is 24.3 Å². The molecule has 0 atom stereocenters. The highest BCUT2D eigenvalue weighted by molar-refractivity contribution is 5.85. The van der Waals surface area contributed by atoms with E-state index in [0.717, 1.165) is 10.9 Å². The smallest absolute Gasteiger partial charge is 0.343 e. The van der Waals surface area contributed by atoms with Gasteiger partial charge in [-0.2, -0.15) is 0 Å². The van der Waals surface area contributed by atoms with Gasteiger partial charge in [-0.25, -0.2) is 4.79 Å². The maximum absolute atomic E-state index is 11.6. The van der Waals surface area contributed by atoms with Crippen molar-refractivity contribution in [2.75, 3.05) is 0 Å². The van der Waals surface area contributed by atoms with E-state index in [1.807, 2.05) is 12.1 Å². The molecule has 1 N–H and O–H groups in total. The quantitative estimate of drug-likeness (QED) is 0.798. The highest BCUT2D eigenvalue weighted by Crippen LogP contribution is 2.20. The minimum atomic E-state index is -0.410. The van der Waals surface area contributed by atoms with Crippen molar-refractivity contribution in [1.82, 2.24) is 0 Å². The molecule has 0 aliphatic rings. The predicted octanol–water partition coefficient (Wildman–Crippen LogP) is 2.01. The van der Waals surface area contributed by atoms with Crippen LogP contribution in [0.3, 0.4) is 0 Å².